The Hall–Kier alpha value is -2.93. The van der Waals surface area contributed by atoms with Crippen molar-refractivity contribution in [2.45, 2.75) is 26.0 Å². The molecule has 2 amide bonds. The highest BCUT2D eigenvalue weighted by Crippen LogP contribution is 2.24. The lowest BCUT2D eigenvalue weighted by Gasteiger charge is -2.18. The first-order valence-corrected chi connectivity index (χ1v) is 9.49. The van der Waals surface area contributed by atoms with Gasteiger partial charge in [0, 0.05) is 30.2 Å². The van der Waals surface area contributed by atoms with Crippen LogP contribution in [0.25, 0.3) is 0 Å². The Morgan fingerprint density at radius 1 is 1.24 bits per heavy atom. The fourth-order valence-electron chi connectivity index (χ4n) is 3.02. The fourth-order valence-corrected chi connectivity index (χ4v) is 3.21. The van der Waals surface area contributed by atoms with Gasteiger partial charge in [0.2, 0.25) is 5.91 Å². The van der Waals surface area contributed by atoms with E-state index in [2.05, 4.69) is 5.32 Å². The van der Waals surface area contributed by atoms with Crippen LogP contribution in [0.5, 0.6) is 0 Å². The topological polar surface area (TPSA) is 75.7 Å². The van der Waals surface area contributed by atoms with Crippen molar-refractivity contribution in [2.75, 3.05) is 11.9 Å². The normalized spacial score (nSPS) is 17.1. The molecule has 0 unspecified atom stereocenters. The molecule has 1 heterocycles. The summed E-state index contributed by atoms with van der Waals surface area (Å²) in [5.74, 6) is -2.39. The second-order valence-electron chi connectivity index (χ2n) is 6.84. The van der Waals surface area contributed by atoms with Gasteiger partial charge < -0.3 is 15.0 Å². The molecule has 152 valence electrons. The maximum Gasteiger partial charge on any atom is 0.312 e. The molecule has 0 aliphatic carbocycles. The zero-order valence-electron chi connectivity index (χ0n) is 15.7. The molecule has 0 radical (unpaired) electrons. The molecule has 2 aromatic carbocycles. The number of nitrogens with one attached hydrogen (secondary N) is 1. The van der Waals surface area contributed by atoms with E-state index in [0.717, 1.165) is 5.56 Å². The van der Waals surface area contributed by atoms with Gasteiger partial charge in [-0.25, -0.2) is 4.39 Å². The number of amides is 2. The van der Waals surface area contributed by atoms with Crippen LogP contribution in [0.3, 0.4) is 0 Å². The average molecular weight is 419 g/mol. The molecule has 2 aromatic rings. The van der Waals surface area contributed by atoms with E-state index in [9.17, 15) is 18.8 Å². The lowest BCUT2D eigenvalue weighted by Crippen LogP contribution is -2.33. The molecule has 2 atom stereocenters. The van der Waals surface area contributed by atoms with Crippen molar-refractivity contribution in [3.8, 4) is 0 Å². The highest BCUT2D eigenvalue weighted by molar-refractivity contribution is 6.31. The Bertz CT molecular complexity index is 919. The van der Waals surface area contributed by atoms with Crippen molar-refractivity contribution >= 4 is 35.1 Å². The number of likely N-dealkylation sites (tertiary alicyclic amines) is 1. The summed E-state index contributed by atoms with van der Waals surface area (Å²) in [6.07, 6.45) is -1.03. The Morgan fingerprint density at radius 2 is 1.93 bits per heavy atom. The second-order valence-corrected chi connectivity index (χ2v) is 7.25. The van der Waals surface area contributed by atoms with Crippen molar-refractivity contribution in [3.05, 3.63) is 64.9 Å². The molecule has 1 aliphatic rings. The van der Waals surface area contributed by atoms with E-state index in [1.807, 2.05) is 12.1 Å². The van der Waals surface area contributed by atoms with E-state index in [-0.39, 0.29) is 18.9 Å². The number of halogens is 2. The van der Waals surface area contributed by atoms with Gasteiger partial charge in [-0.3, -0.25) is 14.4 Å². The van der Waals surface area contributed by atoms with Crippen molar-refractivity contribution in [1.82, 2.24) is 4.90 Å². The first kappa shape index (κ1) is 20.8. The fraction of sp³-hybridized carbons (Fsp3) is 0.286. The van der Waals surface area contributed by atoms with Crippen molar-refractivity contribution < 1.29 is 23.5 Å². The highest BCUT2D eigenvalue weighted by atomic mass is 35.5. The van der Waals surface area contributed by atoms with E-state index in [1.165, 1.54) is 31.2 Å². The molecule has 29 heavy (non-hydrogen) atoms. The predicted octanol–water partition coefficient (Wildman–Crippen LogP) is 3.40. The summed E-state index contributed by atoms with van der Waals surface area (Å²) in [6, 6.07) is 12.4. The molecule has 1 aliphatic heterocycles. The molecule has 0 bridgehead atoms. The highest BCUT2D eigenvalue weighted by Gasteiger charge is 2.36. The zero-order chi connectivity index (χ0) is 21.0. The minimum atomic E-state index is -1.06. The summed E-state index contributed by atoms with van der Waals surface area (Å²) in [5.41, 5.74) is 1.19. The summed E-state index contributed by atoms with van der Waals surface area (Å²) >= 11 is 6.13. The molecule has 0 saturated carbocycles. The van der Waals surface area contributed by atoms with Crippen LogP contribution in [0.2, 0.25) is 5.02 Å². The molecule has 1 fully saturated rings. The molecule has 1 N–H and O–H groups in total. The third kappa shape index (κ3) is 5.32. The molecule has 6 nitrogen and oxygen atoms in total. The van der Waals surface area contributed by atoms with E-state index in [1.54, 1.807) is 17.0 Å². The number of esters is 1. The molecule has 0 spiro atoms. The van der Waals surface area contributed by atoms with Crippen molar-refractivity contribution in [3.63, 3.8) is 0 Å². The molecule has 0 aromatic heterocycles. The van der Waals surface area contributed by atoms with Crippen LogP contribution in [-0.4, -0.2) is 35.3 Å². The number of anilines is 1. The number of rotatable bonds is 6. The van der Waals surface area contributed by atoms with Gasteiger partial charge >= 0.3 is 5.97 Å². The lowest BCUT2D eigenvalue weighted by molar-refractivity contribution is -0.157. The van der Waals surface area contributed by atoms with Crippen molar-refractivity contribution in [2.24, 2.45) is 5.92 Å². The van der Waals surface area contributed by atoms with Gasteiger partial charge in [-0.2, -0.15) is 0 Å². The Labute approximate surface area is 172 Å². The van der Waals surface area contributed by atoms with Crippen LogP contribution in [0.15, 0.2) is 48.5 Å². The number of ether oxygens (including phenoxy) is 1. The number of carbonyl (C=O) groups is 3. The van der Waals surface area contributed by atoms with Gasteiger partial charge in [-0.05, 0) is 42.8 Å². The smallest absolute Gasteiger partial charge is 0.312 e. The maximum absolute atomic E-state index is 12.9. The largest absolute Gasteiger partial charge is 0.452 e. The van der Waals surface area contributed by atoms with Gasteiger partial charge in [-0.15, -0.1) is 0 Å². The minimum absolute atomic E-state index is 0.0234. The Kier molecular flexibility index (Phi) is 6.49. The van der Waals surface area contributed by atoms with Crippen molar-refractivity contribution in [1.29, 1.82) is 0 Å². The number of benzene rings is 2. The number of carbonyl (C=O) groups excluding carboxylic acids is 3. The first-order chi connectivity index (χ1) is 13.8. The van der Waals surface area contributed by atoms with Gasteiger partial charge in [0.05, 0.1) is 5.92 Å². The standard InChI is InChI=1S/C21H20ClFN2O4/c1-13(20(27)24-17-8-6-16(23)7-9-17)29-21(28)15-10-19(26)25(12-15)11-14-4-2-3-5-18(14)22/h2-9,13,15H,10-12H2,1H3,(H,24,27)/t13-,15+/m1/s1. The zero-order valence-corrected chi connectivity index (χ0v) is 16.5. The SMILES string of the molecule is C[C@@H](OC(=O)[C@H]1CC(=O)N(Cc2ccccc2Cl)C1)C(=O)Nc1ccc(F)cc1. The van der Waals surface area contributed by atoms with E-state index in [0.29, 0.717) is 17.3 Å². The lowest BCUT2D eigenvalue weighted by atomic mass is 10.1. The van der Waals surface area contributed by atoms with Crippen LogP contribution in [0, 0.1) is 11.7 Å². The van der Waals surface area contributed by atoms with Gasteiger partial charge in [0.15, 0.2) is 6.10 Å². The van der Waals surface area contributed by atoms with Crippen LogP contribution in [0.4, 0.5) is 10.1 Å². The minimum Gasteiger partial charge on any atom is -0.452 e. The number of nitrogens with zero attached hydrogens (tertiary/aromatic N) is 1. The van der Waals surface area contributed by atoms with Crippen LogP contribution in [-0.2, 0) is 25.7 Å². The van der Waals surface area contributed by atoms with Gasteiger partial charge in [0.25, 0.3) is 5.91 Å². The van der Waals surface area contributed by atoms with Crippen LogP contribution in [0.1, 0.15) is 18.9 Å². The quantitative estimate of drug-likeness (QED) is 0.729. The first-order valence-electron chi connectivity index (χ1n) is 9.11. The third-order valence-corrected chi connectivity index (χ3v) is 5.01. The van der Waals surface area contributed by atoms with Gasteiger partial charge in [-0.1, -0.05) is 29.8 Å². The third-order valence-electron chi connectivity index (χ3n) is 4.64. The Morgan fingerprint density at radius 3 is 2.62 bits per heavy atom. The predicted molar refractivity (Wildman–Crippen MR) is 106 cm³/mol. The summed E-state index contributed by atoms with van der Waals surface area (Å²) in [4.78, 5) is 38.4. The second kappa shape index (κ2) is 9.05. The number of hydrogen-bond acceptors (Lipinski definition) is 4. The molecular formula is C21H20ClFN2O4. The van der Waals surface area contributed by atoms with E-state index < -0.39 is 29.7 Å². The number of hydrogen-bond donors (Lipinski definition) is 1. The maximum atomic E-state index is 12.9. The summed E-state index contributed by atoms with van der Waals surface area (Å²) < 4.78 is 18.2. The molecule has 3 rings (SSSR count). The molecule has 1 saturated heterocycles. The van der Waals surface area contributed by atoms with Gasteiger partial charge in [0.1, 0.15) is 5.82 Å². The monoisotopic (exact) mass is 418 g/mol. The summed E-state index contributed by atoms with van der Waals surface area (Å²) in [7, 11) is 0. The van der Waals surface area contributed by atoms with Crippen LogP contribution >= 0.6 is 11.6 Å². The van der Waals surface area contributed by atoms with E-state index >= 15 is 0 Å². The molecule has 8 heteroatoms. The van der Waals surface area contributed by atoms with Crippen LogP contribution < -0.4 is 5.32 Å². The Balaban J connectivity index is 1.53. The molecular weight excluding hydrogens is 399 g/mol. The summed E-state index contributed by atoms with van der Waals surface area (Å²) in [5, 5.41) is 3.10. The average Bonchev–Trinajstić information content (AvgIpc) is 3.06. The van der Waals surface area contributed by atoms with E-state index in [4.69, 9.17) is 16.3 Å². The summed E-state index contributed by atoms with van der Waals surface area (Å²) in [6.45, 7) is 1.95.